The van der Waals surface area contributed by atoms with Crippen molar-refractivity contribution in [2.24, 2.45) is 0 Å². The Morgan fingerprint density at radius 2 is 1.95 bits per heavy atom. The molecule has 2 aromatic rings. The second kappa shape index (κ2) is 5.61. The van der Waals surface area contributed by atoms with Crippen LogP contribution in [0.2, 0.25) is 0 Å². The molecule has 4 heteroatoms. The summed E-state index contributed by atoms with van der Waals surface area (Å²) in [6.45, 7) is 1.93. The smallest absolute Gasteiger partial charge is 0.254 e. The van der Waals surface area contributed by atoms with Crippen LogP contribution in [0.1, 0.15) is 29.1 Å². The molecule has 0 aliphatic heterocycles. The van der Waals surface area contributed by atoms with Crippen molar-refractivity contribution >= 4 is 5.91 Å². The minimum atomic E-state index is -0.107. The molecule has 1 heterocycles. The van der Waals surface area contributed by atoms with Gasteiger partial charge in [-0.25, -0.2) is 0 Å². The van der Waals surface area contributed by atoms with Crippen LogP contribution in [0.5, 0.6) is 5.75 Å². The maximum atomic E-state index is 12.3. The maximum Gasteiger partial charge on any atom is 0.254 e. The number of ether oxygens (including phenoxy) is 1. The number of nitrogens with zero attached hydrogens (tertiary/aromatic N) is 1. The molecule has 0 saturated heterocycles. The molecule has 4 nitrogen and oxygen atoms in total. The van der Waals surface area contributed by atoms with Crippen molar-refractivity contribution in [3.05, 3.63) is 54.0 Å². The largest absolute Gasteiger partial charge is 0.497 e. The van der Waals surface area contributed by atoms with E-state index in [2.05, 4.69) is 0 Å². The Morgan fingerprint density at radius 3 is 2.47 bits per heavy atom. The lowest BCUT2D eigenvalue weighted by molar-refractivity contribution is 0.0726. The highest BCUT2D eigenvalue weighted by molar-refractivity contribution is 5.94. The number of amides is 1. The van der Waals surface area contributed by atoms with Gasteiger partial charge in [-0.1, -0.05) is 0 Å². The van der Waals surface area contributed by atoms with Crippen LogP contribution in [0.15, 0.2) is 47.1 Å². The van der Waals surface area contributed by atoms with Gasteiger partial charge in [-0.05, 0) is 43.3 Å². The summed E-state index contributed by atoms with van der Waals surface area (Å²) >= 11 is 0. The van der Waals surface area contributed by atoms with Gasteiger partial charge >= 0.3 is 0 Å². The molecule has 19 heavy (non-hydrogen) atoms. The van der Waals surface area contributed by atoms with Crippen molar-refractivity contribution < 1.29 is 13.9 Å². The van der Waals surface area contributed by atoms with Crippen LogP contribution >= 0.6 is 0 Å². The molecular weight excluding hydrogens is 242 g/mol. The molecule has 0 N–H and O–H groups in total. The summed E-state index contributed by atoms with van der Waals surface area (Å²) in [6.07, 6.45) is 1.61. The molecule has 1 amide bonds. The molecule has 0 aliphatic rings. The zero-order chi connectivity index (χ0) is 13.8. The van der Waals surface area contributed by atoms with E-state index in [0.717, 1.165) is 11.5 Å². The van der Waals surface area contributed by atoms with E-state index in [0.29, 0.717) is 5.56 Å². The first kappa shape index (κ1) is 13.2. The molecule has 100 valence electrons. The lowest BCUT2D eigenvalue weighted by Crippen LogP contribution is -2.29. The Kier molecular flexibility index (Phi) is 3.90. The van der Waals surface area contributed by atoms with E-state index >= 15 is 0 Å². The summed E-state index contributed by atoms with van der Waals surface area (Å²) in [6, 6.07) is 10.6. The van der Waals surface area contributed by atoms with Gasteiger partial charge in [0.2, 0.25) is 0 Å². The predicted octanol–water partition coefficient (Wildman–Crippen LogP) is 3.12. The zero-order valence-corrected chi connectivity index (χ0v) is 11.3. The molecule has 0 aliphatic carbocycles. The molecule has 0 saturated carbocycles. The van der Waals surface area contributed by atoms with E-state index in [4.69, 9.17) is 9.15 Å². The summed E-state index contributed by atoms with van der Waals surface area (Å²) in [4.78, 5) is 14.0. The van der Waals surface area contributed by atoms with Crippen molar-refractivity contribution in [1.29, 1.82) is 0 Å². The lowest BCUT2D eigenvalue weighted by atomic mass is 10.1. The molecule has 1 unspecified atom stereocenters. The quantitative estimate of drug-likeness (QED) is 0.847. The van der Waals surface area contributed by atoms with E-state index in [1.54, 1.807) is 49.6 Å². The molecule has 1 aromatic heterocycles. The summed E-state index contributed by atoms with van der Waals surface area (Å²) < 4.78 is 10.4. The van der Waals surface area contributed by atoms with Crippen molar-refractivity contribution in [2.45, 2.75) is 13.0 Å². The van der Waals surface area contributed by atoms with E-state index in [1.165, 1.54) is 0 Å². The third kappa shape index (κ3) is 2.78. The van der Waals surface area contributed by atoms with Crippen molar-refractivity contribution in [1.82, 2.24) is 4.90 Å². The van der Waals surface area contributed by atoms with Gasteiger partial charge in [0.1, 0.15) is 11.5 Å². The summed E-state index contributed by atoms with van der Waals surface area (Å²) in [5.74, 6) is 1.45. The fourth-order valence-corrected chi connectivity index (χ4v) is 1.83. The summed E-state index contributed by atoms with van der Waals surface area (Å²) in [7, 11) is 3.36. The third-order valence-electron chi connectivity index (χ3n) is 3.19. The Hall–Kier alpha value is -2.23. The number of hydrogen-bond acceptors (Lipinski definition) is 3. The Balaban J connectivity index is 2.14. The van der Waals surface area contributed by atoms with Gasteiger partial charge in [-0.3, -0.25) is 4.79 Å². The van der Waals surface area contributed by atoms with Crippen LogP contribution < -0.4 is 4.74 Å². The number of benzene rings is 1. The summed E-state index contributed by atoms with van der Waals surface area (Å²) in [5, 5.41) is 0. The molecule has 0 bridgehead atoms. The van der Waals surface area contributed by atoms with Crippen LogP contribution in [0.25, 0.3) is 0 Å². The van der Waals surface area contributed by atoms with E-state index in [1.807, 2.05) is 19.1 Å². The van der Waals surface area contributed by atoms with Gasteiger partial charge in [-0.2, -0.15) is 0 Å². The average molecular weight is 259 g/mol. The Morgan fingerprint density at radius 1 is 1.26 bits per heavy atom. The number of rotatable bonds is 4. The number of hydrogen-bond donors (Lipinski definition) is 0. The van der Waals surface area contributed by atoms with E-state index in [-0.39, 0.29) is 11.9 Å². The molecule has 0 spiro atoms. The highest BCUT2D eigenvalue weighted by atomic mass is 16.5. The van der Waals surface area contributed by atoms with Crippen LogP contribution in [0.3, 0.4) is 0 Å². The minimum absolute atomic E-state index is 0.0495. The topological polar surface area (TPSA) is 42.7 Å². The normalized spacial score (nSPS) is 11.9. The maximum absolute atomic E-state index is 12.3. The standard InChI is InChI=1S/C15H17NO3/c1-11(14-5-4-10-19-14)16(2)15(17)12-6-8-13(18-3)9-7-12/h4-11H,1-3H3. The number of methoxy groups -OCH3 is 1. The van der Waals surface area contributed by atoms with Gasteiger partial charge < -0.3 is 14.1 Å². The Bertz CT molecular complexity index is 531. The van der Waals surface area contributed by atoms with Crippen molar-refractivity contribution in [3.63, 3.8) is 0 Å². The fourth-order valence-electron chi connectivity index (χ4n) is 1.83. The van der Waals surface area contributed by atoms with Gasteiger partial charge in [0.15, 0.2) is 0 Å². The molecule has 1 aromatic carbocycles. The molecule has 0 fully saturated rings. The van der Waals surface area contributed by atoms with Crippen LogP contribution in [-0.4, -0.2) is 25.0 Å². The first-order chi connectivity index (χ1) is 9.13. The second-order valence-corrected chi connectivity index (χ2v) is 4.34. The molecule has 2 rings (SSSR count). The third-order valence-corrected chi connectivity index (χ3v) is 3.19. The van der Waals surface area contributed by atoms with Gasteiger partial charge in [0.05, 0.1) is 19.4 Å². The van der Waals surface area contributed by atoms with Crippen molar-refractivity contribution in [2.75, 3.05) is 14.2 Å². The zero-order valence-electron chi connectivity index (χ0n) is 11.3. The number of carbonyl (C=O) groups excluding carboxylic acids is 1. The highest BCUT2D eigenvalue weighted by Gasteiger charge is 2.20. The first-order valence-corrected chi connectivity index (χ1v) is 6.08. The molecular formula is C15H17NO3. The monoisotopic (exact) mass is 259 g/mol. The van der Waals surface area contributed by atoms with E-state index in [9.17, 15) is 4.79 Å². The van der Waals surface area contributed by atoms with Gasteiger partial charge in [0, 0.05) is 12.6 Å². The number of furan rings is 1. The first-order valence-electron chi connectivity index (χ1n) is 6.08. The lowest BCUT2D eigenvalue weighted by Gasteiger charge is -2.23. The van der Waals surface area contributed by atoms with Crippen LogP contribution in [0, 0.1) is 0 Å². The Labute approximate surface area is 112 Å². The fraction of sp³-hybridized carbons (Fsp3) is 0.267. The van der Waals surface area contributed by atoms with E-state index < -0.39 is 0 Å². The minimum Gasteiger partial charge on any atom is -0.497 e. The van der Waals surface area contributed by atoms with Crippen molar-refractivity contribution in [3.8, 4) is 5.75 Å². The molecule has 1 atom stereocenters. The van der Waals surface area contributed by atoms with Crippen LogP contribution in [-0.2, 0) is 0 Å². The number of carbonyl (C=O) groups is 1. The van der Waals surface area contributed by atoms with Crippen LogP contribution in [0.4, 0.5) is 0 Å². The van der Waals surface area contributed by atoms with Gasteiger partial charge in [0.25, 0.3) is 5.91 Å². The average Bonchev–Trinajstić information content (AvgIpc) is 2.99. The van der Waals surface area contributed by atoms with Gasteiger partial charge in [-0.15, -0.1) is 0 Å². The molecule has 0 radical (unpaired) electrons. The SMILES string of the molecule is COc1ccc(C(=O)N(C)C(C)c2ccco2)cc1. The second-order valence-electron chi connectivity index (χ2n) is 4.34. The summed E-state index contributed by atoms with van der Waals surface area (Å²) in [5.41, 5.74) is 0.627. The highest BCUT2D eigenvalue weighted by Crippen LogP contribution is 2.21. The predicted molar refractivity (Wildman–Crippen MR) is 72.2 cm³/mol.